The molecule has 152 valence electrons. The predicted octanol–water partition coefficient (Wildman–Crippen LogP) is 3.44. The predicted molar refractivity (Wildman–Crippen MR) is 110 cm³/mol. The lowest BCUT2D eigenvalue weighted by atomic mass is 10.2. The summed E-state index contributed by atoms with van der Waals surface area (Å²) < 4.78 is 32.4. The van der Waals surface area contributed by atoms with Gasteiger partial charge >= 0.3 is 0 Å². The summed E-state index contributed by atoms with van der Waals surface area (Å²) in [6.45, 7) is 5.16. The van der Waals surface area contributed by atoms with Gasteiger partial charge in [0.05, 0.1) is 12.0 Å². The minimum Gasteiger partial charge on any atom is -0.497 e. The molecule has 0 aliphatic carbocycles. The lowest BCUT2D eigenvalue weighted by Gasteiger charge is -2.21. The molecule has 0 spiro atoms. The van der Waals surface area contributed by atoms with Crippen LogP contribution in [0.4, 0.5) is 0 Å². The molecule has 0 atom stereocenters. The van der Waals surface area contributed by atoms with Crippen LogP contribution >= 0.6 is 0 Å². The van der Waals surface area contributed by atoms with Crippen molar-refractivity contribution in [2.45, 2.75) is 38.1 Å². The van der Waals surface area contributed by atoms with Crippen molar-refractivity contribution in [2.75, 3.05) is 20.2 Å². The number of carbonyl (C=O) groups is 1. The number of sulfonamides is 1. The van der Waals surface area contributed by atoms with Crippen molar-refractivity contribution >= 4 is 15.9 Å². The number of hydrogen-bond donors (Lipinski definition) is 1. The van der Waals surface area contributed by atoms with E-state index in [-0.39, 0.29) is 10.8 Å². The number of hydrogen-bond acceptors (Lipinski definition) is 4. The zero-order chi connectivity index (χ0) is 20.6. The van der Waals surface area contributed by atoms with Crippen molar-refractivity contribution in [3.63, 3.8) is 0 Å². The van der Waals surface area contributed by atoms with E-state index < -0.39 is 10.0 Å². The number of nitrogens with one attached hydrogen (secondary N) is 1. The monoisotopic (exact) mass is 404 g/mol. The lowest BCUT2D eigenvalue weighted by Crippen LogP contribution is -2.32. The Bertz CT molecular complexity index is 874. The third-order valence-electron chi connectivity index (χ3n) is 4.29. The Hall–Kier alpha value is -2.38. The molecule has 2 aromatic rings. The molecule has 1 amide bonds. The molecule has 1 N–H and O–H groups in total. The van der Waals surface area contributed by atoms with Gasteiger partial charge in [0.2, 0.25) is 10.0 Å². The molecule has 0 radical (unpaired) electrons. The van der Waals surface area contributed by atoms with Gasteiger partial charge in [-0.3, -0.25) is 4.79 Å². The number of carbonyl (C=O) groups excluding carboxylic acids is 1. The highest BCUT2D eigenvalue weighted by molar-refractivity contribution is 7.89. The molecule has 2 aromatic carbocycles. The zero-order valence-corrected chi connectivity index (χ0v) is 17.5. The third-order valence-corrected chi connectivity index (χ3v) is 6.19. The maximum atomic E-state index is 12.9. The maximum absolute atomic E-state index is 12.9. The molecule has 28 heavy (non-hydrogen) atoms. The van der Waals surface area contributed by atoms with Crippen LogP contribution in [-0.2, 0) is 16.6 Å². The first kappa shape index (κ1) is 21.9. The van der Waals surface area contributed by atoms with E-state index >= 15 is 0 Å². The fourth-order valence-corrected chi connectivity index (χ4v) is 4.50. The van der Waals surface area contributed by atoms with Crippen LogP contribution in [0.5, 0.6) is 5.75 Å². The molecule has 0 saturated carbocycles. The Morgan fingerprint density at radius 1 is 1.04 bits per heavy atom. The van der Waals surface area contributed by atoms with E-state index in [0.29, 0.717) is 25.2 Å². The highest BCUT2D eigenvalue weighted by Gasteiger charge is 2.23. The normalized spacial score (nSPS) is 11.4. The smallest absolute Gasteiger partial charge is 0.251 e. The highest BCUT2D eigenvalue weighted by Crippen LogP contribution is 2.18. The largest absolute Gasteiger partial charge is 0.497 e. The fourth-order valence-electron chi connectivity index (χ4n) is 2.83. The molecule has 6 nitrogen and oxygen atoms in total. The highest BCUT2D eigenvalue weighted by atomic mass is 32.2. The summed E-state index contributed by atoms with van der Waals surface area (Å²) in [6, 6.07) is 13.6. The summed E-state index contributed by atoms with van der Waals surface area (Å²) in [5.41, 5.74) is 1.25. The minimum absolute atomic E-state index is 0.145. The van der Waals surface area contributed by atoms with Crippen LogP contribution < -0.4 is 10.1 Å². The van der Waals surface area contributed by atoms with E-state index in [0.717, 1.165) is 24.2 Å². The summed E-state index contributed by atoms with van der Waals surface area (Å²) in [5, 5.41) is 2.82. The number of amides is 1. The average molecular weight is 405 g/mol. The van der Waals surface area contributed by atoms with Gasteiger partial charge in [0, 0.05) is 25.2 Å². The topological polar surface area (TPSA) is 75.7 Å². The van der Waals surface area contributed by atoms with Crippen LogP contribution in [0, 0.1) is 0 Å². The Labute approximate surface area is 167 Å². The number of benzene rings is 2. The summed E-state index contributed by atoms with van der Waals surface area (Å²) >= 11 is 0. The third kappa shape index (κ3) is 5.56. The fraction of sp³-hybridized carbons (Fsp3) is 0.381. The first-order valence-corrected chi connectivity index (χ1v) is 10.9. The zero-order valence-electron chi connectivity index (χ0n) is 16.6. The Morgan fingerprint density at radius 2 is 1.68 bits per heavy atom. The Morgan fingerprint density at radius 3 is 2.25 bits per heavy atom. The van der Waals surface area contributed by atoms with Crippen molar-refractivity contribution in [1.82, 2.24) is 9.62 Å². The van der Waals surface area contributed by atoms with Crippen LogP contribution in [0.25, 0.3) is 0 Å². The minimum atomic E-state index is -3.62. The van der Waals surface area contributed by atoms with Crippen LogP contribution in [0.2, 0.25) is 0 Å². The van der Waals surface area contributed by atoms with Crippen molar-refractivity contribution in [3.8, 4) is 5.75 Å². The van der Waals surface area contributed by atoms with Crippen molar-refractivity contribution < 1.29 is 17.9 Å². The summed E-state index contributed by atoms with van der Waals surface area (Å²) in [4.78, 5) is 12.6. The van der Waals surface area contributed by atoms with Gasteiger partial charge in [0.15, 0.2) is 0 Å². The van der Waals surface area contributed by atoms with Gasteiger partial charge in [-0.25, -0.2) is 8.42 Å². The van der Waals surface area contributed by atoms with Gasteiger partial charge in [0.25, 0.3) is 5.91 Å². The lowest BCUT2D eigenvalue weighted by molar-refractivity contribution is 0.0950. The van der Waals surface area contributed by atoms with Gasteiger partial charge < -0.3 is 10.1 Å². The second-order valence-electron chi connectivity index (χ2n) is 6.46. The molecule has 0 aliphatic heterocycles. The Kier molecular flexibility index (Phi) is 8.02. The van der Waals surface area contributed by atoms with E-state index in [1.54, 1.807) is 19.2 Å². The second-order valence-corrected chi connectivity index (χ2v) is 8.40. The number of methoxy groups -OCH3 is 1. The molecule has 0 unspecified atom stereocenters. The van der Waals surface area contributed by atoms with E-state index in [2.05, 4.69) is 5.32 Å². The van der Waals surface area contributed by atoms with E-state index in [1.165, 1.54) is 16.4 Å². The number of ether oxygens (including phenoxy) is 1. The first-order valence-electron chi connectivity index (χ1n) is 9.43. The molecule has 0 saturated heterocycles. The van der Waals surface area contributed by atoms with Gasteiger partial charge in [-0.1, -0.05) is 32.0 Å². The van der Waals surface area contributed by atoms with Crippen molar-refractivity contribution in [3.05, 3.63) is 59.7 Å². The van der Waals surface area contributed by atoms with E-state index in [9.17, 15) is 13.2 Å². The van der Waals surface area contributed by atoms with Crippen LogP contribution in [-0.4, -0.2) is 38.8 Å². The molecule has 0 bridgehead atoms. The van der Waals surface area contributed by atoms with Gasteiger partial charge in [-0.2, -0.15) is 4.31 Å². The van der Waals surface area contributed by atoms with Gasteiger partial charge in [-0.05, 0) is 48.7 Å². The molecular weight excluding hydrogens is 376 g/mol. The molecule has 7 heteroatoms. The Balaban J connectivity index is 2.13. The SMILES string of the molecule is CCCN(CCC)S(=O)(=O)c1cccc(C(=O)NCc2ccc(OC)cc2)c1. The average Bonchev–Trinajstić information content (AvgIpc) is 2.72. The standard InChI is InChI=1S/C21H28N2O4S/c1-4-13-23(14-5-2)28(25,26)20-8-6-7-18(15-20)21(24)22-16-17-9-11-19(27-3)12-10-17/h6-12,15H,4-5,13-14,16H2,1-3H3,(H,22,24). The van der Waals surface area contributed by atoms with E-state index in [4.69, 9.17) is 4.74 Å². The molecule has 2 rings (SSSR count). The van der Waals surface area contributed by atoms with Crippen molar-refractivity contribution in [1.29, 1.82) is 0 Å². The van der Waals surface area contributed by atoms with Crippen LogP contribution in [0.1, 0.15) is 42.6 Å². The van der Waals surface area contributed by atoms with Crippen molar-refractivity contribution in [2.24, 2.45) is 0 Å². The second kappa shape index (κ2) is 10.2. The van der Waals surface area contributed by atoms with Gasteiger partial charge in [0.1, 0.15) is 5.75 Å². The first-order chi connectivity index (χ1) is 13.4. The van der Waals surface area contributed by atoms with Crippen LogP contribution in [0.3, 0.4) is 0 Å². The summed E-state index contributed by atoms with van der Waals surface area (Å²) in [5.74, 6) is 0.432. The maximum Gasteiger partial charge on any atom is 0.251 e. The molecule has 0 aliphatic rings. The van der Waals surface area contributed by atoms with Gasteiger partial charge in [-0.15, -0.1) is 0 Å². The molecule has 0 heterocycles. The molecular formula is C21H28N2O4S. The number of nitrogens with zero attached hydrogens (tertiary/aromatic N) is 1. The van der Waals surface area contributed by atoms with Crippen LogP contribution in [0.15, 0.2) is 53.4 Å². The summed E-state index contributed by atoms with van der Waals surface area (Å²) in [7, 11) is -2.02. The molecule has 0 fully saturated rings. The quantitative estimate of drug-likeness (QED) is 0.658. The van der Waals surface area contributed by atoms with E-state index in [1.807, 2.05) is 38.1 Å². The summed E-state index contributed by atoms with van der Waals surface area (Å²) in [6.07, 6.45) is 1.47. The number of rotatable bonds is 10. The molecule has 0 aromatic heterocycles.